The number of hydrogen-bond acceptors (Lipinski definition) is 2. The molecule has 2 heterocycles. The van der Waals surface area contributed by atoms with Crippen LogP contribution in [0.15, 0.2) is 36.5 Å². The lowest BCUT2D eigenvalue weighted by Crippen LogP contribution is -2.15. The van der Waals surface area contributed by atoms with Crippen LogP contribution in [0.3, 0.4) is 0 Å². The standard InChI is InChI=1S/C17H16ClN3O/c1-10-4-7-15-19-12(3)16(21(15)9-10)17(22)20-13-6-5-11(2)14(18)8-13/h4-9H,1-3H3,(H,20,22). The lowest BCUT2D eigenvalue weighted by molar-refractivity contribution is 0.102. The zero-order chi connectivity index (χ0) is 15.9. The number of imidazole rings is 1. The molecule has 4 nitrogen and oxygen atoms in total. The molecule has 0 spiro atoms. The predicted octanol–water partition coefficient (Wildman–Crippen LogP) is 4.17. The number of nitrogens with zero attached hydrogens (tertiary/aromatic N) is 2. The Hall–Kier alpha value is -2.33. The van der Waals surface area contributed by atoms with Crippen molar-refractivity contribution >= 4 is 28.8 Å². The first kappa shape index (κ1) is 14.6. The number of fused-ring (bicyclic) bond motifs is 1. The monoisotopic (exact) mass is 313 g/mol. The van der Waals surface area contributed by atoms with Gasteiger partial charge in [0, 0.05) is 16.9 Å². The third kappa shape index (κ3) is 2.57. The van der Waals surface area contributed by atoms with Gasteiger partial charge in [0.15, 0.2) is 0 Å². The van der Waals surface area contributed by atoms with E-state index in [1.165, 1.54) is 0 Å². The summed E-state index contributed by atoms with van der Waals surface area (Å²) in [6.07, 6.45) is 1.91. The van der Waals surface area contributed by atoms with E-state index in [9.17, 15) is 4.79 Å². The summed E-state index contributed by atoms with van der Waals surface area (Å²) in [5, 5.41) is 3.51. The molecule has 3 rings (SSSR count). The molecule has 2 aromatic heterocycles. The van der Waals surface area contributed by atoms with Crippen molar-refractivity contribution in [2.45, 2.75) is 20.8 Å². The lowest BCUT2D eigenvalue weighted by atomic mass is 10.2. The van der Waals surface area contributed by atoms with Crippen LogP contribution in [0.4, 0.5) is 5.69 Å². The second-order valence-electron chi connectivity index (χ2n) is 5.40. The van der Waals surface area contributed by atoms with Gasteiger partial charge in [0.05, 0.1) is 5.69 Å². The fraction of sp³-hybridized carbons (Fsp3) is 0.176. The number of anilines is 1. The van der Waals surface area contributed by atoms with Crippen molar-refractivity contribution in [1.82, 2.24) is 9.38 Å². The van der Waals surface area contributed by atoms with Crippen molar-refractivity contribution in [3.63, 3.8) is 0 Å². The van der Waals surface area contributed by atoms with Crippen molar-refractivity contribution in [3.8, 4) is 0 Å². The highest BCUT2D eigenvalue weighted by molar-refractivity contribution is 6.31. The van der Waals surface area contributed by atoms with E-state index in [1.807, 2.05) is 55.6 Å². The van der Waals surface area contributed by atoms with Crippen LogP contribution < -0.4 is 5.32 Å². The molecular formula is C17H16ClN3O. The van der Waals surface area contributed by atoms with E-state index in [4.69, 9.17) is 11.6 Å². The maximum atomic E-state index is 12.6. The third-order valence-corrected chi connectivity index (χ3v) is 3.99. The smallest absolute Gasteiger partial charge is 0.274 e. The molecule has 0 radical (unpaired) electrons. The van der Waals surface area contributed by atoms with E-state index >= 15 is 0 Å². The number of aromatic nitrogens is 2. The zero-order valence-corrected chi connectivity index (χ0v) is 13.4. The first-order valence-electron chi connectivity index (χ1n) is 6.98. The number of amides is 1. The Morgan fingerprint density at radius 3 is 2.68 bits per heavy atom. The van der Waals surface area contributed by atoms with Gasteiger partial charge in [0.2, 0.25) is 0 Å². The van der Waals surface area contributed by atoms with Gasteiger partial charge in [0.25, 0.3) is 5.91 Å². The minimum Gasteiger partial charge on any atom is -0.321 e. The topological polar surface area (TPSA) is 46.4 Å². The lowest BCUT2D eigenvalue weighted by Gasteiger charge is -2.08. The van der Waals surface area contributed by atoms with Crippen LogP contribution in [0.5, 0.6) is 0 Å². The Bertz CT molecular complexity index is 883. The number of halogens is 1. The summed E-state index contributed by atoms with van der Waals surface area (Å²) < 4.78 is 1.82. The second kappa shape index (κ2) is 5.46. The van der Waals surface area contributed by atoms with Crippen LogP contribution in [0.2, 0.25) is 5.02 Å². The van der Waals surface area contributed by atoms with Gasteiger partial charge >= 0.3 is 0 Å². The molecule has 1 amide bonds. The van der Waals surface area contributed by atoms with Gasteiger partial charge in [-0.1, -0.05) is 23.7 Å². The van der Waals surface area contributed by atoms with Crippen LogP contribution in [0, 0.1) is 20.8 Å². The van der Waals surface area contributed by atoms with Crippen LogP contribution in [-0.4, -0.2) is 15.3 Å². The van der Waals surface area contributed by atoms with Gasteiger partial charge in [-0.2, -0.15) is 0 Å². The fourth-order valence-corrected chi connectivity index (χ4v) is 2.58. The fourth-order valence-electron chi connectivity index (χ4n) is 2.40. The largest absolute Gasteiger partial charge is 0.321 e. The molecule has 0 saturated carbocycles. The Kier molecular flexibility index (Phi) is 3.62. The summed E-state index contributed by atoms with van der Waals surface area (Å²) in [6.45, 7) is 5.74. The highest BCUT2D eigenvalue weighted by Crippen LogP contribution is 2.21. The summed E-state index contributed by atoms with van der Waals surface area (Å²) in [7, 11) is 0. The van der Waals surface area contributed by atoms with Crippen LogP contribution in [0.1, 0.15) is 27.3 Å². The second-order valence-corrected chi connectivity index (χ2v) is 5.81. The molecule has 0 fully saturated rings. The third-order valence-electron chi connectivity index (χ3n) is 3.59. The van der Waals surface area contributed by atoms with Crippen molar-refractivity contribution in [3.05, 3.63) is 64.1 Å². The first-order valence-corrected chi connectivity index (χ1v) is 7.36. The molecule has 3 aromatic rings. The molecule has 0 aliphatic rings. The maximum Gasteiger partial charge on any atom is 0.274 e. The van der Waals surface area contributed by atoms with Gasteiger partial charge in [-0.25, -0.2) is 4.98 Å². The Balaban J connectivity index is 2.00. The molecule has 0 saturated heterocycles. The Labute approximate surface area is 133 Å². The molecule has 0 bridgehead atoms. The minimum atomic E-state index is -0.199. The number of pyridine rings is 1. The van der Waals surface area contributed by atoms with Crippen LogP contribution in [0.25, 0.3) is 5.65 Å². The quantitative estimate of drug-likeness (QED) is 0.772. The maximum absolute atomic E-state index is 12.6. The highest BCUT2D eigenvalue weighted by Gasteiger charge is 2.17. The number of carbonyl (C=O) groups is 1. The summed E-state index contributed by atoms with van der Waals surface area (Å²) in [4.78, 5) is 17.0. The van der Waals surface area contributed by atoms with Gasteiger partial charge in [-0.15, -0.1) is 0 Å². The minimum absolute atomic E-state index is 0.199. The Morgan fingerprint density at radius 1 is 1.18 bits per heavy atom. The van der Waals surface area contributed by atoms with Gasteiger partial charge in [0.1, 0.15) is 11.3 Å². The average molecular weight is 314 g/mol. The molecule has 0 aliphatic carbocycles. The summed E-state index contributed by atoms with van der Waals surface area (Å²) in [5.41, 5.74) is 4.70. The average Bonchev–Trinajstić information content (AvgIpc) is 2.78. The SMILES string of the molecule is Cc1ccc2nc(C)c(C(=O)Nc3ccc(C)c(Cl)c3)n2c1. The number of hydrogen-bond donors (Lipinski definition) is 1. The number of nitrogens with one attached hydrogen (secondary N) is 1. The summed E-state index contributed by atoms with van der Waals surface area (Å²) in [6, 6.07) is 9.34. The molecule has 22 heavy (non-hydrogen) atoms. The summed E-state index contributed by atoms with van der Waals surface area (Å²) in [5.74, 6) is -0.199. The highest BCUT2D eigenvalue weighted by atomic mass is 35.5. The summed E-state index contributed by atoms with van der Waals surface area (Å²) >= 11 is 6.10. The van der Waals surface area contributed by atoms with Crippen molar-refractivity contribution in [2.24, 2.45) is 0 Å². The normalized spacial score (nSPS) is 10.9. The molecule has 0 atom stereocenters. The van der Waals surface area contributed by atoms with Crippen molar-refractivity contribution < 1.29 is 4.79 Å². The van der Waals surface area contributed by atoms with E-state index in [0.717, 1.165) is 16.8 Å². The van der Waals surface area contributed by atoms with E-state index in [1.54, 1.807) is 6.07 Å². The van der Waals surface area contributed by atoms with E-state index in [0.29, 0.717) is 22.1 Å². The van der Waals surface area contributed by atoms with Gasteiger partial charge < -0.3 is 5.32 Å². The molecule has 112 valence electrons. The van der Waals surface area contributed by atoms with Crippen molar-refractivity contribution in [2.75, 3.05) is 5.32 Å². The van der Waals surface area contributed by atoms with Crippen LogP contribution >= 0.6 is 11.6 Å². The molecule has 0 aliphatic heterocycles. The van der Waals surface area contributed by atoms with E-state index in [-0.39, 0.29) is 5.91 Å². The number of rotatable bonds is 2. The zero-order valence-electron chi connectivity index (χ0n) is 12.6. The van der Waals surface area contributed by atoms with E-state index < -0.39 is 0 Å². The molecule has 1 aromatic carbocycles. The first-order chi connectivity index (χ1) is 10.5. The van der Waals surface area contributed by atoms with Crippen LogP contribution in [-0.2, 0) is 0 Å². The number of benzene rings is 1. The molecule has 0 unspecified atom stereocenters. The molecular weight excluding hydrogens is 298 g/mol. The van der Waals surface area contributed by atoms with Gasteiger partial charge in [-0.05, 0) is 50.1 Å². The predicted molar refractivity (Wildman–Crippen MR) is 88.8 cm³/mol. The molecule has 1 N–H and O–H groups in total. The Morgan fingerprint density at radius 2 is 1.95 bits per heavy atom. The number of aryl methyl sites for hydroxylation is 3. The molecule has 5 heteroatoms. The van der Waals surface area contributed by atoms with Crippen molar-refractivity contribution in [1.29, 1.82) is 0 Å². The van der Waals surface area contributed by atoms with Gasteiger partial charge in [-0.3, -0.25) is 9.20 Å². The van der Waals surface area contributed by atoms with E-state index in [2.05, 4.69) is 10.3 Å². The number of carbonyl (C=O) groups excluding carboxylic acids is 1.